The third-order valence-corrected chi connectivity index (χ3v) is 5.30. The number of nitrogens with zero attached hydrogens (tertiary/aromatic N) is 1. The predicted octanol–water partition coefficient (Wildman–Crippen LogP) is 4.85. The molecular weight excluding hydrogens is 360 g/mol. The van der Waals surface area contributed by atoms with E-state index in [-0.39, 0.29) is 11.8 Å². The normalized spacial score (nSPS) is 15.1. The molecule has 6 heteroatoms. The van der Waals surface area contributed by atoms with E-state index in [0.717, 1.165) is 32.9 Å². The molecule has 3 rings (SSSR count). The molecular formula is C21H24N2O3S. The molecule has 0 unspecified atom stereocenters. The molecule has 2 aromatic rings. The number of anilines is 1. The lowest BCUT2D eigenvalue weighted by Crippen LogP contribution is -2.38. The van der Waals surface area contributed by atoms with Crippen LogP contribution >= 0.6 is 11.8 Å². The Kier molecular flexibility index (Phi) is 6.53. The predicted molar refractivity (Wildman–Crippen MR) is 112 cm³/mol. The van der Waals surface area contributed by atoms with Crippen molar-refractivity contribution in [1.29, 1.82) is 0 Å². The maximum absolute atomic E-state index is 12.2. The van der Waals surface area contributed by atoms with Crippen molar-refractivity contribution in [2.24, 2.45) is 5.92 Å². The van der Waals surface area contributed by atoms with Gasteiger partial charge in [0, 0.05) is 22.0 Å². The van der Waals surface area contributed by atoms with E-state index in [1.54, 1.807) is 11.8 Å². The van der Waals surface area contributed by atoms with Gasteiger partial charge < -0.3 is 14.8 Å². The topological polar surface area (TPSA) is 60.5 Å². The summed E-state index contributed by atoms with van der Waals surface area (Å²) in [6.45, 7) is 7.49. The van der Waals surface area contributed by atoms with Gasteiger partial charge in [0.15, 0.2) is 0 Å². The number of fused-ring (bicyclic) bond motifs is 1. The van der Waals surface area contributed by atoms with E-state index in [2.05, 4.69) is 5.32 Å². The summed E-state index contributed by atoms with van der Waals surface area (Å²) in [5.41, 5.74) is 2.45. The molecule has 5 nitrogen and oxygen atoms in total. The molecule has 2 heterocycles. The van der Waals surface area contributed by atoms with Crippen molar-refractivity contribution < 1.29 is 14.3 Å². The van der Waals surface area contributed by atoms with E-state index in [1.807, 2.05) is 62.6 Å². The van der Waals surface area contributed by atoms with E-state index in [4.69, 9.17) is 14.5 Å². The summed E-state index contributed by atoms with van der Waals surface area (Å²) in [6.07, 6.45) is 4.05. The molecule has 0 saturated carbocycles. The summed E-state index contributed by atoms with van der Waals surface area (Å²) < 4.78 is 11.0. The number of aromatic nitrogens is 1. The van der Waals surface area contributed by atoms with Crippen LogP contribution in [0.25, 0.3) is 15.8 Å². The third-order valence-electron chi connectivity index (χ3n) is 4.19. The van der Waals surface area contributed by atoms with Crippen LogP contribution in [0.15, 0.2) is 41.8 Å². The fourth-order valence-electron chi connectivity index (χ4n) is 2.72. The summed E-state index contributed by atoms with van der Waals surface area (Å²) in [4.78, 5) is 18.0. The molecule has 1 aromatic carbocycles. The molecule has 27 heavy (non-hydrogen) atoms. The van der Waals surface area contributed by atoms with Crippen LogP contribution in [-0.2, 0) is 9.53 Å². The number of carbonyl (C=O) groups is 1. The standard InChI is InChI=1S/C21H24N2O3S/c1-4-9-27-20(5-2)18-11-19(26-6-3)16-10-15(7-8-17(16)23-18)22-21(24)14-12-25-13-14/h4-5,7-11,14H,6,12-13H2,1-3H3,(H,22,24)/b9-4-,20-5-. The first kappa shape index (κ1) is 19.5. The largest absolute Gasteiger partial charge is 0.493 e. The third kappa shape index (κ3) is 4.51. The number of benzene rings is 1. The SMILES string of the molecule is C/C=C\S/C(=C\C)c1cc(OCC)c2cc(NC(=O)C3COC3)ccc2n1. The summed E-state index contributed by atoms with van der Waals surface area (Å²) in [6, 6.07) is 7.68. The molecule has 1 fully saturated rings. The van der Waals surface area contributed by atoms with E-state index in [1.165, 1.54) is 0 Å². The van der Waals surface area contributed by atoms with Gasteiger partial charge in [0.1, 0.15) is 5.75 Å². The molecule has 0 radical (unpaired) electrons. The highest BCUT2D eigenvalue weighted by atomic mass is 32.2. The Bertz CT molecular complexity index is 888. The number of allylic oxidation sites excluding steroid dienone is 2. The van der Waals surface area contributed by atoms with Gasteiger partial charge in [-0.1, -0.05) is 23.9 Å². The Hall–Kier alpha value is -2.31. The van der Waals surface area contributed by atoms with Gasteiger partial charge in [-0.05, 0) is 44.4 Å². The summed E-state index contributed by atoms with van der Waals surface area (Å²) >= 11 is 1.63. The fraction of sp³-hybridized carbons (Fsp3) is 0.333. The summed E-state index contributed by atoms with van der Waals surface area (Å²) in [5, 5.41) is 5.87. The highest BCUT2D eigenvalue weighted by Crippen LogP contribution is 2.34. The zero-order chi connectivity index (χ0) is 19.2. The molecule has 1 saturated heterocycles. The second kappa shape index (κ2) is 9.06. The molecule has 0 aliphatic carbocycles. The van der Waals surface area contributed by atoms with E-state index < -0.39 is 0 Å². The van der Waals surface area contributed by atoms with Crippen LogP contribution in [0.1, 0.15) is 26.5 Å². The number of pyridine rings is 1. The number of nitrogens with one attached hydrogen (secondary N) is 1. The minimum atomic E-state index is -0.0616. The smallest absolute Gasteiger partial charge is 0.232 e. The van der Waals surface area contributed by atoms with Gasteiger partial charge in [-0.3, -0.25) is 4.79 Å². The Morgan fingerprint density at radius 1 is 1.37 bits per heavy atom. The molecule has 1 amide bonds. The molecule has 1 aromatic heterocycles. The van der Waals surface area contributed by atoms with Crippen molar-refractivity contribution >= 4 is 39.2 Å². The van der Waals surface area contributed by atoms with Crippen molar-refractivity contribution in [3.63, 3.8) is 0 Å². The molecule has 1 N–H and O–H groups in total. The van der Waals surface area contributed by atoms with Crippen molar-refractivity contribution in [3.8, 4) is 5.75 Å². The van der Waals surface area contributed by atoms with Gasteiger partial charge in [-0.25, -0.2) is 4.98 Å². The summed E-state index contributed by atoms with van der Waals surface area (Å²) in [7, 11) is 0. The molecule has 1 aliphatic rings. The highest BCUT2D eigenvalue weighted by molar-refractivity contribution is 8.10. The van der Waals surface area contributed by atoms with Gasteiger partial charge in [-0.2, -0.15) is 0 Å². The van der Waals surface area contributed by atoms with E-state index >= 15 is 0 Å². The average molecular weight is 385 g/mol. The van der Waals surface area contributed by atoms with Crippen LogP contribution in [0.2, 0.25) is 0 Å². The first-order valence-electron chi connectivity index (χ1n) is 9.07. The number of amides is 1. The number of thioether (sulfide) groups is 1. The summed E-state index contributed by atoms with van der Waals surface area (Å²) in [5.74, 6) is 0.691. The fourth-order valence-corrected chi connectivity index (χ4v) is 3.37. The monoisotopic (exact) mass is 384 g/mol. The molecule has 0 spiro atoms. The number of hydrogen-bond donors (Lipinski definition) is 1. The number of rotatable bonds is 7. The maximum Gasteiger partial charge on any atom is 0.232 e. The van der Waals surface area contributed by atoms with Crippen molar-refractivity contribution in [3.05, 3.63) is 47.5 Å². The number of hydrogen-bond acceptors (Lipinski definition) is 5. The lowest BCUT2D eigenvalue weighted by Gasteiger charge is -2.24. The lowest BCUT2D eigenvalue weighted by atomic mass is 10.1. The lowest BCUT2D eigenvalue weighted by molar-refractivity contribution is -0.133. The maximum atomic E-state index is 12.2. The van der Waals surface area contributed by atoms with Gasteiger partial charge in [0.2, 0.25) is 5.91 Å². The van der Waals surface area contributed by atoms with Gasteiger partial charge >= 0.3 is 0 Å². The molecule has 1 aliphatic heterocycles. The van der Waals surface area contributed by atoms with Crippen LogP contribution < -0.4 is 10.1 Å². The Labute approximate surface area is 163 Å². The minimum absolute atomic E-state index is 0.0119. The quantitative estimate of drug-likeness (QED) is 0.740. The average Bonchev–Trinajstić information content (AvgIpc) is 2.61. The second-order valence-electron chi connectivity index (χ2n) is 6.13. The van der Waals surface area contributed by atoms with Crippen LogP contribution in [0.5, 0.6) is 5.75 Å². The van der Waals surface area contributed by atoms with Gasteiger partial charge in [-0.15, -0.1) is 0 Å². The van der Waals surface area contributed by atoms with Gasteiger partial charge in [0.25, 0.3) is 0 Å². The Morgan fingerprint density at radius 3 is 2.81 bits per heavy atom. The van der Waals surface area contributed by atoms with Crippen molar-refractivity contribution in [2.75, 3.05) is 25.1 Å². The number of carbonyl (C=O) groups excluding carboxylic acids is 1. The zero-order valence-electron chi connectivity index (χ0n) is 15.8. The van der Waals surface area contributed by atoms with Crippen LogP contribution in [0.4, 0.5) is 5.69 Å². The zero-order valence-corrected chi connectivity index (χ0v) is 16.6. The molecule has 142 valence electrons. The van der Waals surface area contributed by atoms with Gasteiger partial charge in [0.05, 0.1) is 36.9 Å². The van der Waals surface area contributed by atoms with Crippen LogP contribution in [0, 0.1) is 5.92 Å². The molecule has 0 bridgehead atoms. The van der Waals surface area contributed by atoms with Crippen molar-refractivity contribution in [1.82, 2.24) is 4.98 Å². The highest BCUT2D eigenvalue weighted by Gasteiger charge is 2.26. The Morgan fingerprint density at radius 2 is 2.19 bits per heavy atom. The second-order valence-corrected chi connectivity index (χ2v) is 7.08. The van der Waals surface area contributed by atoms with Crippen molar-refractivity contribution in [2.45, 2.75) is 20.8 Å². The van der Waals surface area contributed by atoms with E-state index in [9.17, 15) is 4.79 Å². The minimum Gasteiger partial charge on any atom is -0.493 e. The van der Waals surface area contributed by atoms with Crippen LogP contribution in [0.3, 0.4) is 0 Å². The Balaban J connectivity index is 1.96. The first-order valence-corrected chi connectivity index (χ1v) is 9.95. The number of ether oxygens (including phenoxy) is 2. The van der Waals surface area contributed by atoms with Crippen LogP contribution in [-0.4, -0.2) is 30.7 Å². The van der Waals surface area contributed by atoms with E-state index in [0.29, 0.717) is 19.8 Å². The molecule has 0 atom stereocenters. The first-order chi connectivity index (χ1) is 13.2.